The van der Waals surface area contributed by atoms with Crippen LogP contribution in [0.3, 0.4) is 0 Å². The first-order valence-electron chi connectivity index (χ1n) is 6.27. The first kappa shape index (κ1) is 13.5. The van der Waals surface area contributed by atoms with E-state index in [-0.39, 0.29) is 11.6 Å². The van der Waals surface area contributed by atoms with Gasteiger partial charge in [0.2, 0.25) is 0 Å². The average molecular weight is 301 g/mol. The fraction of sp³-hybridized carbons (Fsp3) is 0.0667. The molecule has 4 nitrogen and oxygen atoms in total. The number of hydrogen-bond donors (Lipinski definition) is 2. The van der Waals surface area contributed by atoms with Gasteiger partial charge >= 0.3 is 0 Å². The predicted octanol–water partition coefficient (Wildman–Crippen LogP) is 3.58. The van der Waals surface area contributed by atoms with Gasteiger partial charge in [0.15, 0.2) is 5.13 Å². The molecule has 0 saturated carbocycles. The number of nitrogen functional groups attached to an aromatic ring is 1. The monoisotopic (exact) mass is 301 g/mol. The topological polar surface area (TPSA) is 68.0 Å². The number of amides is 1. The number of rotatable bonds is 2. The van der Waals surface area contributed by atoms with Crippen LogP contribution < -0.4 is 11.1 Å². The summed E-state index contributed by atoms with van der Waals surface area (Å²) < 4.78 is 14.6. The number of benzene rings is 2. The fourth-order valence-corrected chi connectivity index (χ4v) is 2.83. The molecule has 1 heterocycles. The third-order valence-corrected chi connectivity index (χ3v) is 3.97. The van der Waals surface area contributed by atoms with Crippen LogP contribution in [0, 0.1) is 12.7 Å². The highest BCUT2D eigenvalue weighted by Crippen LogP contribution is 2.25. The van der Waals surface area contributed by atoms with Gasteiger partial charge in [-0.05, 0) is 36.8 Å². The second-order valence-corrected chi connectivity index (χ2v) is 5.68. The van der Waals surface area contributed by atoms with Crippen molar-refractivity contribution >= 4 is 38.3 Å². The number of carbonyl (C=O) groups excluding carboxylic acids is 1. The molecule has 1 amide bonds. The molecule has 0 radical (unpaired) electrons. The van der Waals surface area contributed by atoms with Crippen molar-refractivity contribution in [1.29, 1.82) is 0 Å². The van der Waals surface area contributed by atoms with Crippen LogP contribution in [0.2, 0.25) is 0 Å². The number of nitrogens with zero attached hydrogens (tertiary/aromatic N) is 1. The van der Waals surface area contributed by atoms with Crippen LogP contribution in [0.1, 0.15) is 15.9 Å². The molecule has 0 fully saturated rings. The first-order chi connectivity index (χ1) is 10.0. The van der Waals surface area contributed by atoms with Gasteiger partial charge in [-0.2, -0.15) is 0 Å². The van der Waals surface area contributed by atoms with Gasteiger partial charge in [0.05, 0.1) is 15.9 Å². The van der Waals surface area contributed by atoms with Gasteiger partial charge in [-0.25, -0.2) is 9.37 Å². The number of aryl methyl sites for hydroxylation is 1. The van der Waals surface area contributed by atoms with Crippen LogP contribution in [0.4, 0.5) is 15.2 Å². The van der Waals surface area contributed by atoms with Crippen molar-refractivity contribution in [3.05, 3.63) is 53.3 Å². The number of para-hydroxylation sites is 1. The molecule has 0 aliphatic rings. The van der Waals surface area contributed by atoms with Crippen molar-refractivity contribution in [3.63, 3.8) is 0 Å². The van der Waals surface area contributed by atoms with Crippen molar-refractivity contribution in [2.24, 2.45) is 0 Å². The molecule has 3 aromatic rings. The molecule has 106 valence electrons. The van der Waals surface area contributed by atoms with Crippen LogP contribution in [-0.4, -0.2) is 10.9 Å². The van der Waals surface area contributed by atoms with Crippen molar-refractivity contribution in [1.82, 2.24) is 4.98 Å². The van der Waals surface area contributed by atoms with Crippen LogP contribution in [0.5, 0.6) is 0 Å². The SMILES string of the molecule is Cc1cccc(F)c1NC(=O)c1ccc2nc(N)sc2c1. The van der Waals surface area contributed by atoms with Crippen LogP contribution in [-0.2, 0) is 0 Å². The van der Waals surface area contributed by atoms with Crippen molar-refractivity contribution in [2.75, 3.05) is 11.1 Å². The number of fused-ring (bicyclic) bond motifs is 1. The van der Waals surface area contributed by atoms with E-state index < -0.39 is 5.82 Å². The Hall–Kier alpha value is -2.47. The number of hydrogen-bond acceptors (Lipinski definition) is 4. The Labute approximate surface area is 124 Å². The number of halogens is 1. The summed E-state index contributed by atoms with van der Waals surface area (Å²) in [5, 5.41) is 3.06. The van der Waals surface area contributed by atoms with E-state index in [4.69, 9.17) is 5.73 Å². The second-order valence-electron chi connectivity index (χ2n) is 4.62. The summed E-state index contributed by atoms with van der Waals surface area (Å²) in [5.41, 5.74) is 7.70. The number of aromatic nitrogens is 1. The lowest BCUT2D eigenvalue weighted by atomic mass is 10.1. The highest BCUT2D eigenvalue weighted by molar-refractivity contribution is 7.22. The molecule has 3 N–H and O–H groups in total. The van der Waals surface area contributed by atoms with Gasteiger partial charge in [0.25, 0.3) is 5.91 Å². The lowest BCUT2D eigenvalue weighted by Gasteiger charge is -2.09. The van der Waals surface area contributed by atoms with E-state index >= 15 is 0 Å². The third kappa shape index (κ3) is 2.57. The molecule has 0 unspecified atom stereocenters. The Kier molecular flexibility index (Phi) is 3.31. The summed E-state index contributed by atoms with van der Waals surface area (Å²) in [6.45, 7) is 1.74. The Morgan fingerprint density at radius 3 is 2.90 bits per heavy atom. The summed E-state index contributed by atoms with van der Waals surface area (Å²) in [7, 11) is 0. The highest BCUT2D eigenvalue weighted by Gasteiger charge is 2.12. The van der Waals surface area contributed by atoms with Crippen molar-refractivity contribution < 1.29 is 9.18 Å². The molecule has 0 aliphatic heterocycles. The molecule has 0 aliphatic carbocycles. The van der Waals surface area contributed by atoms with Crippen molar-refractivity contribution in [2.45, 2.75) is 6.92 Å². The number of nitrogens with two attached hydrogens (primary N) is 1. The third-order valence-electron chi connectivity index (χ3n) is 3.13. The van der Waals surface area contributed by atoms with E-state index in [1.807, 2.05) is 0 Å². The minimum Gasteiger partial charge on any atom is -0.375 e. The largest absolute Gasteiger partial charge is 0.375 e. The zero-order valence-electron chi connectivity index (χ0n) is 11.2. The number of anilines is 2. The van der Waals surface area contributed by atoms with Crippen LogP contribution in [0.25, 0.3) is 10.2 Å². The maximum atomic E-state index is 13.7. The molecule has 6 heteroatoms. The average Bonchev–Trinajstić information content (AvgIpc) is 2.81. The van der Waals surface area contributed by atoms with Gasteiger partial charge in [-0.3, -0.25) is 4.79 Å². The first-order valence-corrected chi connectivity index (χ1v) is 7.09. The van der Waals surface area contributed by atoms with Gasteiger partial charge in [0, 0.05) is 5.56 Å². The number of thiazole rings is 1. The zero-order chi connectivity index (χ0) is 15.0. The standard InChI is InChI=1S/C15H12FN3OS/c1-8-3-2-4-10(16)13(8)19-14(20)9-5-6-11-12(7-9)21-15(17)18-11/h2-7H,1H3,(H2,17,18)(H,19,20). The van der Waals surface area contributed by atoms with E-state index in [0.717, 1.165) is 10.2 Å². The number of carbonyl (C=O) groups is 1. The Balaban J connectivity index is 1.93. The maximum absolute atomic E-state index is 13.7. The maximum Gasteiger partial charge on any atom is 0.255 e. The highest BCUT2D eigenvalue weighted by atomic mass is 32.1. The summed E-state index contributed by atoms with van der Waals surface area (Å²) >= 11 is 1.31. The minimum atomic E-state index is -0.452. The lowest BCUT2D eigenvalue weighted by molar-refractivity contribution is 0.102. The van der Waals surface area contributed by atoms with E-state index in [1.165, 1.54) is 17.4 Å². The summed E-state index contributed by atoms with van der Waals surface area (Å²) in [6.07, 6.45) is 0. The minimum absolute atomic E-state index is 0.200. The Bertz CT molecular complexity index is 824. The summed E-state index contributed by atoms with van der Waals surface area (Å²) in [5.74, 6) is -0.816. The summed E-state index contributed by atoms with van der Waals surface area (Å²) in [4.78, 5) is 16.4. The fourth-order valence-electron chi connectivity index (χ4n) is 2.06. The van der Waals surface area contributed by atoms with E-state index in [0.29, 0.717) is 16.3 Å². The molecule has 0 bridgehead atoms. The molecule has 3 rings (SSSR count). The van der Waals surface area contributed by atoms with Gasteiger partial charge in [0.1, 0.15) is 5.82 Å². The zero-order valence-corrected chi connectivity index (χ0v) is 12.0. The Morgan fingerprint density at radius 2 is 2.14 bits per heavy atom. The van der Waals surface area contributed by atoms with Crippen LogP contribution >= 0.6 is 11.3 Å². The molecular formula is C15H12FN3OS. The lowest BCUT2D eigenvalue weighted by Crippen LogP contribution is -2.13. The van der Waals surface area contributed by atoms with E-state index in [1.54, 1.807) is 37.3 Å². The van der Waals surface area contributed by atoms with Gasteiger partial charge < -0.3 is 11.1 Å². The van der Waals surface area contributed by atoms with Crippen molar-refractivity contribution in [3.8, 4) is 0 Å². The summed E-state index contributed by atoms with van der Waals surface area (Å²) in [6, 6.07) is 9.74. The van der Waals surface area contributed by atoms with Crippen LogP contribution in [0.15, 0.2) is 36.4 Å². The smallest absolute Gasteiger partial charge is 0.255 e. The molecular weight excluding hydrogens is 289 g/mol. The molecule has 2 aromatic carbocycles. The van der Waals surface area contributed by atoms with E-state index in [9.17, 15) is 9.18 Å². The van der Waals surface area contributed by atoms with Gasteiger partial charge in [-0.15, -0.1) is 0 Å². The van der Waals surface area contributed by atoms with E-state index in [2.05, 4.69) is 10.3 Å². The second kappa shape index (κ2) is 5.14. The number of nitrogens with one attached hydrogen (secondary N) is 1. The molecule has 1 aromatic heterocycles. The molecule has 0 saturated heterocycles. The quantitative estimate of drug-likeness (QED) is 0.760. The molecule has 21 heavy (non-hydrogen) atoms. The molecule has 0 spiro atoms. The predicted molar refractivity (Wildman–Crippen MR) is 83.1 cm³/mol. The Morgan fingerprint density at radius 1 is 1.33 bits per heavy atom. The van der Waals surface area contributed by atoms with Gasteiger partial charge in [-0.1, -0.05) is 23.5 Å². The normalized spacial score (nSPS) is 10.8. The molecule has 0 atom stereocenters.